The van der Waals surface area contributed by atoms with Gasteiger partial charge >= 0.3 is 0 Å². The van der Waals surface area contributed by atoms with Gasteiger partial charge in [-0.25, -0.2) is 0 Å². The number of phenolic OH excluding ortho intramolecular Hbond substituents is 2. The molecule has 0 bridgehead atoms. The highest BCUT2D eigenvalue weighted by molar-refractivity contribution is 5.91. The van der Waals surface area contributed by atoms with Crippen LogP contribution in [0.4, 0.5) is 0 Å². The summed E-state index contributed by atoms with van der Waals surface area (Å²) in [4.78, 5) is 12.2. The molecule has 0 aromatic heterocycles. The van der Waals surface area contributed by atoms with E-state index in [9.17, 15) is 25.2 Å². The number of amides is 1. The molecule has 0 aliphatic carbocycles. The highest BCUT2D eigenvalue weighted by Crippen LogP contribution is 2.34. The molecule has 3 rings (SSSR count). The lowest BCUT2D eigenvalue weighted by Gasteiger charge is -2.24. The molecule has 3 aromatic carbocycles. The number of hydrogen-bond donors (Lipinski definition) is 5. The molecule has 0 aliphatic rings. The van der Waals surface area contributed by atoms with Gasteiger partial charge in [0.15, 0.2) is 29.1 Å². The van der Waals surface area contributed by atoms with Crippen LogP contribution in [0.25, 0.3) is 6.08 Å². The number of hydrogen-bond acceptors (Lipinski definition) is 8. The molecule has 0 heterocycles. The van der Waals surface area contributed by atoms with Crippen molar-refractivity contribution in [3.63, 3.8) is 0 Å². The van der Waals surface area contributed by atoms with E-state index in [-0.39, 0.29) is 23.2 Å². The van der Waals surface area contributed by atoms with E-state index in [1.807, 2.05) is 0 Å². The van der Waals surface area contributed by atoms with Crippen LogP contribution in [0, 0.1) is 0 Å². The van der Waals surface area contributed by atoms with Gasteiger partial charge in [-0.1, -0.05) is 24.3 Å². The molecular formula is C28H31NO8. The summed E-state index contributed by atoms with van der Waals surface area (Å²) in [5.41, 5.74) is 2.07. The molecule has 0 saturated heterocycles. The summed E-state index contributed by atoms with van der Waals surface area (Å²) in [7, 11) is 2.86. The number of carbonyl (C=O) groups is 1. The second-order valence-corrected chi connectivity index (χ2v) is 8.17. The van der Waals surface area contributed by atoms with E-state index in [0.29, 0.717) is 35.6 Å². The normalized spacial score (nSPS) is 12.6. The maximum Gasteiger partial charge on any atom is 0.244 e. The summed E-state index contributed by atoms with van der Waals surface area (Å²) in [5.74, 6) is 0.697. The predicted molar refractivity (Wildman–Crippen MR) is 138 cm³/mol. The van der Waals surface area contributed by atoms with Crippen LogP contribution in [0.5, 0.6) is 28.7 Å². The van der Waals surface area contributed by atoms with Crippen molar-refractivity contribution in [1.82, 2.24) is 5.32 Å². The SMILES string of the molecule is COc1cc([C@H](O)[C@@H](CO)Oc2ccc(/C=C/C(=O)NCCc3ccc(O)cc3)cc2OC)ccc1O. The number of carbonyl (C=O) groups excluding carboxylic acids is 1. The predicted octanol–water partition coefficient (Wildman–Crippen LogP) is 2.96. The highest BCUT2D eigenvalue weighted by atomic mass is 16.5. The zero-order chi connectivity index (χ0) is 26.8. The van der Waals surface area contributed by atoms with Crippen molar-refractivity contribution in [2.24, 2.45) is 0 Å². The molecule has 5 N–H and O–H groups in total. The topological polar surface area (TPSA) is 138 Å². The minimum atomic E-state index is -1.21. The Bertz CT molecular complexity index is 1210. The maximum absolute atomic E-state index is 12.2. The van der Waals surface area contributed by atoms with Gasteiger partial charge in [-0.3, -0.25) is 4.79 Å². The van der Waals surface area contributed by atoms with E-state index < -0.39 is 18.8 Å². The van der Waals surface area contributed by atoms with E-state index in [0.717, 1.165) is 5.56 Å². The summed E-state index contributed by atoms with van der Waals surface area (Å²) in [5, 5.41) is 42.5. The van der Waals surface area contributed by atoms with Crippen LogP contribution in [0.15, 0.2) is 66.7 Å². The second kappa shape index (κ2) is 13.2. The Hall–Kier alpha value is -4.21. The van der Waals surface area contributed by atoms with Crippen molar-refractivity contribution in [2.75, 3.05) is 27.4 Å². The van der Waals surface area contributed by atoms with Gasteiger partial charge in [0.25, 0.3) is 0 Å². The van der Waals surface area contributed by atoms with E-state index >= 15 is 0 Å². The fourth-order valence-corrected chi connectivity index (χ4v) is 3.57. The molecule has 0 fully saturated rings. The van der Waals surface area contributed by atoms with Gasteiger partial charge in [-0.15, -0.1) is 0 Å². The first kappa shape index (κ1) is 27.4. The third kappa shape index (κ3) is 7.63. The van der Waals surface area contributed by atoms with Crippen molar-refractivity contribution in [2.45, 2.75) is 18.6 Å². The summed E-state index contributed by atoms with van der Waals surface area (Å²) in [6, 6.07) is 16.2. The summed E-state index contributed by atoms with van der Waals surface area (Å²) >= 11 is 0. The van der Waals surface area contributed by atoms with Crippen LogP contribution >= 0.6 is 0 Å². The van der Waals surface area contributed by atoms with Crippen LogP contribution < -0.4 is 19.5 Å². The summed E-state index contributed by atoms with van der Waals surface area (Å²) in [6.07, 6.45) is 1.43. The molecule has 0 spiro atoms. The molecule has 0 unspecified atom stereocenters. The van der Waals surface area contributed by atoms with Crippen molar-refractivity contribution in [1.29, 1.82) is 0 Å². The van der Waals surface area contributed by atoms with Crippen LogP contribution in [-0.2, 0) is 11.2 Å². The van der Waals surface area contributed by atoms with E-state index in [4.69, 9.17) is 14.2 Å². The lowest BCUT2D eigenvalue weighted by atomic mass is 10.0. The zero-order valence-corrected chi connectivity index (χ0v) is 20.6. The first-order valence-electron chi connectivity index (χ1n) is 11.6. The standard InChI is InChI=1S/C28H31NO8/c1-35-24-16-20(7-10-22(24)32)28(34)26(17-30)37-23-11-5-19(15-25(23)36-2)6-12-27(33)29-14-13-18-3-8-21(31)9-4-18/h3-12,15-16,26,28,30-32,34H,13-14,17H2,1-2H3,(H,29,33)/b12-6+/t26-,28+/m1/s1. The fraction of sp³-hybridized carbons (Fsp3) is 0.250. The average molecular weight is 510 g/mol. The number of aliphatic hydroxyl groups excluding tert-OH is 2. The Morgan fingerprint density at radius 3 is 2.35 bits per heavy atom. The van der Waals surface area contributed by atoms with E-state index in [1.165, 1.54) is 38.5 Å². The smallest absolute Gasteiger partial charge is 0.244 e. The molecular weight excluding hydrogens is 478 g/mol. The van der Waals surface area contributed by atoms with E-state index in [1.54, 1.807) is 48.5 Å². The van der Waals surface area contributed by atoms with Crippen molar-refractivity contribution in [3.05, 3.63) is 83.4 Å². The number of aromatic hydroxyl groups is 2. The summed E-state index contributed by atoms with van der Waals surface area (Å²) in [6.45, 7) is -0.0404. The second-order valence-electron chi connectivity index (χ2n) is 8.17. The van der Waals surface area contributed by atoms with Crippen LogP contribution in [0.1, 0.15) is 22.8 Å². The minimum absolute atomic E-state index is 0.0729. The largest absolute Gasteiger partial charge is 0.508 e. The number of nitrogens with one attached hydrogen (secondary N) is 1. The molecule has 0 aliphatic heterocycles. The first-order chi connectivity index (χ1) is 17.8. The van der Waals surface area contributed by atoms with Gasteiger partial charge < -0.3 is 40.0 Å². The summed E-state index contributed by atoms with van der Waals surface area (Å²) < 4.78 is 16.3. The number of rotatable bonds is 12. The Morgan fingerprint density at radius 2 is 1.68 bits per heavy atom. The molecule has 3 aromatic rings. The van der Waals surface area contributed by atoms with Crippen molar-refractivity contribution < 1.29 is 39.4 Å². The maximum atomic E-state index is 12.2. The van der Waals surface area contributed by atoms with E-state index in [2.05, 4.69) is 5.32 Å². The van der Waals surface area contributed by atoms with Gasteiger partial charge in [0.2, 0.25) is 5.91 Å². The van der Waals surface area contributed by atoms with Crippen molar-refractivity contribution >= 4 is 12.0 Å². The third-order valence-corrected chi connectivity index (χ3v) is 5.62. The van der Waals surface area contributed by atoms with Crippen LogP contribution in [0.2, 0.25) is 0 Å². The Kier molecular flexibility index (Phi) is 9.76. The van der Waals surface area contributed by atoms with Gasteiger partial charge in [0, 0.05) is 12.6 Å². The number of aliphatic hydroxyl groups is 2. The number of methoxy groups -OCH3 is 2. The van der Waals surface area contributed by atoms with Crippen LogP contribution in [-0.4, -0.2) is 59.8 Å². The molecule has 196 valence electrons. The molecule has 37 heavy (non-hydrogen) atoms. The van der Waals surface area contributed by atoms with Gasteiger partial charge in [0.05, 0.1) is 20.8 Å². The number of ether oxygens (including phenoxy) is 3. The van der Waals surface area contributed by atoms with Gasteiger partial charge in [0.1, 0.15) is 11.9 Å². The fourth-order valence-electron chi connectivity index (χ4n) is 3.57. The molecule has 9 heteroatoms. The number of benzene rings is 3. The monoisotopic (exact) mass is 509 g/mol. The van der Waals surface area contributed by atoms with Crippen LogP contribution in [0.3, 0.4) is 0 Å². The molecule has 0 radical (unpaired) electrons. The Labute approximate surface area is 215 Å². The molecule has 9 nitrogen and oxygen atoms in total. The van der Waals surface area contributed by atoms with Crippen molar-refractivity contribution in [3.8, 4) is 28.7 Å². The Balaban J connectivity index is 1.62. The molecule has 0 saturated carbocycles. The lowest BCUT2D eigenvalue weighted by Crippen LogP contribution is -2.29. The Morgan fingerprint density at radius 1 is 0.946 bits per heavy atom. The zero-order valence-electron chi connectivity index (χ0n) is 20.6. The number of phenols is 2. The average Bonchev–Trinajstić information content (AvgIpc) is 2.91. The van der Waals surface area contributed by atoms with Gasteiger partial charge in [-0.05, 0) is 65.6 Å². The quantitative estimate of drug-likeness (QED) is 0.235. The lowest BCUT2D eigenvalue weighted by molar-refractivity contribution is -0.116. The molecule has 1 amide bonds. The minimum Gasteiger partial charge on any atom is -0.508 e. The third-order valence-electron chi connectivity index (χ3n) is 5.62. The van der Waals surface area contributed by atoms with Gasteiger partial charge in [-0.2, -0.15) is 0 Å². The first-order valence-corrected chi connectivity index (χ1v) is 11.6. The molecule has 2 atom stereocenters. The highest BCUT2D eigenvalue weighted by Gasteiger charge is 2.24.